The molecule has 0 saturated heterocycles. The fourth-order valence-corrected chi connectivity index (χ4v) is 2.17. The average molecular weight is 266 g/mol. The number of aromatic nitrogens is 3. The molecule has 2 heterocycles. The van der Waals surface area contributed by atoms with E-state index in [0.717, 1.165) is 16.9 Å². The van der Waals surface area contributed by atoms with E-state index in [0.29, 0.717) is 11.5 Å². The highest BCUT2D eigenvalue weighted by molar-refractivity contribution is 5.77. The number of aromatic amines is 1. The van der Waals surface area contributed by atoms with Crippen LogP contribution in [0.5, 0.6) is 0 Å². The van der Waals surface area contributed by atoms with Crippen LogP contribution in [0.1, 0.15) is 26.3 Å². The van der Waals surface area contributed by atoms with Crippen molar-refractivity contribution in [3.63, 3.8) is 0 Å². The number of imidazole rings is 1. The molecule has 0 atom stereocenters. The Morgan fingerprint density at radius 3 is 2.30 bits per heavy atom. The molecule has 2 aromatic heterocycles. The van der Waals surface area contributed by atoms with E-state index >= 15 is 0 Å². The lowest BCUT2D eigenvalue weighted by molar-refractivity contribution is 0.590. The number of nitrogen functional groups attached to an aromatic ring is 1. The van der Waals surface area contributed by atoms with E-state index in [1.165, 1.54) is 5.56 Å². The third kappa shape index (κ3) is 2.25. The Morgan fingerprint density at radius 1 is 0.950 bits per heavy atom. The molecule has 0 aliphatic carbocycles. The number of nitrogens with two attached hydrogens (primary N) is 1. The fourth-order valence-electron chi connectivity index (χ4n) is 2.17. The molecule has 0 spiro atoms. The summed E-state index contributed by atoms with van der Waals surface area (Å²) in [5.74, 6) is 1.30. The molecule has 1 aromatic carbocycles. The molecular formula is C16H18N4. The van der Waals surface area contributed by atoms with E-state index in [1.807, 2.05) is 6.07 Å². The highest BCUT2D eigenvalue weighted by Gasteiger charge is 2.14. The molecule has 0 radical (unpaired) electrons. The minimum Gasteiger partial charge on any atom is -0.384 e. The Hall–Kier alpha value is -2.36. The molecule has 0 fully saturated rings. The Morgan fingerprint density at radius 2 is 1.65 bits per heavy atom. The summed E-state index contributed by atoms with van der Waals surface area (Å²) in [6, 6.07) is 12.1. The monoisotopic (exact) mass is 266 g/mol. The van der Waals surface area contributed by atoms with Crippen molar-refractivity contribution in [1.29, 1.82) is 0 Å². The van der Waals surface area contributed by atoms with Crippen molar-refractivity contribution in [3.8, 4) is 11.4 Å². The number of H-pyrrole nitrogens is 1. The van der Waals surface area contributed by atoms with E-state index in [1.54, 1.807) is 6.07 Å². The number of fused-ring (bicyclic) bond motifs is 1. The van der Waals surface area contributed by atoms with E-state index in [9.17, 15) is 0 Å². The van der Waals surface area contributed by atoms with Crippen LogP contribution >= 0.6 is 0 Å². The lowest BCUT2D eigenvalue weighted by atomic mass is 9.87. The van der Waals surface area contributed by atoms with Gasteiger partial charge in [0.15, 0.2) is 5.65 Å². The molecule has 102 valence electrons. The summed E-state index contributed by atoms with van der Waals surface area (Å²) >= 11 is 0. The molecule has 0 unspecified atom stereocenters. The Bertz CT molecular complexity index is 748. The molecule has 3 rings (SSSR count). The lowest BCUT2D eigenvalue weighted by Crippen LogP contribution is -2.10. The fraction of sp³-hybridized carbons (Fsp3) is 0.250. The van der Waals surface area contributed by atoms with Gasteiger partial charge in [0.2, 0.25) is 0 Å². The third-order valence-electron chi connectivity index (χ3n) is 3.39. The number of benzene rings is 1. The Kier molecular flexibility index (Phi) is 2.74. The highest BCUT2D eigenvalue weighted by Crippen LogP contribution is 2.26. The van der Waals surface area contributed by atoms with Crippen LogP contribution in [-0.2, 0) is 5.41 Å². The average Bonchev–Trinajstić information content (AvgIpc) is 2.80. The molecule has 0 bridgehead atoms. The second-order valence-electron chi connectivity index (χ2n) is 6.02. The first-order chi connectivity index (χ1) is 9.43. The summed E-state index contributed by atoms with van der Waals surface area (Å²) in [4.78, 5) is 12.0. The number of anilines is 1. The van der Waals surface area contributed by atoms with Crippen molar-refractivity contribution in [3.05, 3.63) is 42.0 Å². The zero-order chi connectivity index (χ0) is 14.3. The maximum atomic E-state index is 5.67. The van der Waals surface area contributed by atoms with Crippen LogP contribution in [0.2, 0.25) is 0 Å². The van der Waals surface area contributed by atoms with Crippen LogP contribution < -0.4 is 5.73 Å². The van der Waals surface area contributed by atoms with Crippen LogP contribution in [0.3, 0.4) is 0 Å². The zero-order valence-corrected chi connectivity index (χ0v) is 11.9. The Labute approximate surface area is 118 Å². The maximum Gasteiger partial charge on any atom is 0.180 e. The number of hydrogen-bond donors (Lipinski definition) is 2. The van der Waals surface area contributed by atoms with Gasteiger partial charge >= 0.3 is 0 Å². The largest absolute Gasteiger partial charge is 0.384 e. The van der Waals surface area contributed by atoms with E-state index < -0.39 is 0 Å². The number of rotatable bonds is 1. The van der Waals surface area contributed by atoms with E-state index in [-0.39, 0.29) is 5.41 Å². The smallest absolute Gasteiger partial charge is 0.180 e. The van der Waals surface area contributed by atoms with Crippen molar-refractivity contribution in [2.45, 2.75) is 26.2 Å². The molecule has 0 aliphatic rings. The first kappa shape index (κ1) is 12.7. The van der Waals surface area contributed by atoms with Crippen molar-refractivity contribution < 1.29 is 0 Å². The lowest BCUT2D eigenvalue weighted by Gasteiger charge is -2.18. The van der Waals surface area contributed by atoms with Gasteiger partial charge in [-0.15, -0.1) is 0 Å². The third-order valence-corrected chi connectivity index (χ3v) is 3.39. The topological polar surface area (TPSA) is 67.6 Å². The number of pyridine rings is 1. The van der Waals surface area contributed by atoms with Crippen LogP contribution in [0, 0.1) is 0 Å². The van der Waals surface area contributed by atoms with Crippen LogP contribution in [0.25, 0.3) is 22.6 Å². The first-order valence-electron chi connectivity index (χ1n) is 6.67. The normalized spacial score (nSPS) is 11.9. The van der Waals surface area contributed by atoms with Crippen molar-refractivity contribution in [2.75, 3.05) is 5.73 Å². The molecule has 0 saturated carbocycles. The molecule has 3 N–H and O–H groups in total. The summed E-state index contributed by atoms with van der Waals surface area (Å²) in [6.07, 6.45) is 0. The minimum absolute atomic E-state index is 0.155. The SMILES string of the molecule is CC(C)(C)c1ccc(-c2nc3nc(N)ccc3[nH]2)cc1. The summed E-state index contributed by atoms with van der Waals surface area (Å²) < 4.78 is 0. The van der Waals surface area contributed by atoms with Gasteiger partial charge in [0.05, 0.1) is 5.52 Å². The number of nitrogens with one attached hydrogen (secondary N) is 1. The molecule has 0 aliphatic heterocycles. The molecular weight excluding hydrogens is 248 g/mol. The van der Waals surface area contributed by atoms with E-state index in [2.05, 4.69) is 60.0 Å². The second kappa shape index (κ2) is 4.34. The van der Waals surface area contributed by atoms with Gasteiger partial charge in [-0.05, 0) is 23.1 Å². The molecule has 0 amide bonds. The van der Waals surface area contributed by atoms with Crippen LogP contribution in [-0.4, -0.2) is 15.0 Å². The van der Waals surface area contributed by atoms with Gasteiger partial charge in [-0.1, -0.05) is 45.0 Å². The van der Waals surface area contributed by atoms with Gasteiger partial charge in [-0.25, -0.2) is 9.97 Å². The summed E-state index contributed by atoms with van der Waals surface area (Å²) in [7, 11) is 0. The van der Waals surface area contributed by atoms with Crippen molar-refractivity contribution >= 4 is 17.0 Å². The predicted octanol–water partition coefficient (Wildman–Crippen LogP) is 3.50. The van der Waals surface area contributed by atoms with Gasteiger partial charge in [-0.2, -0.15) is 0 Å². The summed E-state index contributed by atoms with van der Waals surface area (Å²) in [6.45, 7) is 6.61. The second-order valence-corrected chi connectivity index (χ2v) is 6.02. The molecule has 20 heavy (non-hydrogen) atoms. The molecule has 3 aromatic rings. The Balaban J connectivity index is 2.02. The predicted molar refractivity (Wildman–Crippen MR) is 82.4 cm³/mol. The van der Waals surface area contributed by atoms with Crippen LogP contribution in [0.15, 0.2) is 36.4 Å². The number of hydrogen-bond acceptors (Lipinski definition) is 3. The highest BCUT2D eigenvalue weighted by atomic mass is 15.0. The maximum absolute atomic E-state index is 5.67. The minimum atomic E-state index is 0.155. The van der Waals surface area contributed by atoms with Gasteiger partial charge in [-0.3, -0.25) is 0 Å². The van der Waals surface area contributed by atoms with Gasteiger partial charge in [0.25, 0.3) is 0 Å². The van der Waals surface area contributed by atoms with Gasteiger partial charge < -0.3 is 10.7 Å². The molecule has 4 heteroatoms. The van der Waals surface area contributed by atoms with Crippen molar-refractivity contribution in [2.24, 2.45) is 0 Å². The van der Waals surface area contributed by atoms with Crippen molar-refractivity contribution in [1.82, 2.24) is 15.0 Å². The quantitative estimate of drug-likeness (QED) is 0.708. The zero-order valence-electron chi connectivity index (χ0n) is 11.9. The van der Waals surface area contributed by atoms with Gasteiger partial charge in [0.1, 0.15) is 11.6 Å². The summed E-state index contributed by atoms with van der Waals surface area (Å²) in [5, 5.41) is 0. The standard InChI is InChI=1S/C16H18N4/c1-16(2,3)11-6-4-10(5-7-11)14-18-12-8-9-13(17)19-15(12)20-14/h4-9H,1-3H3,(H3,17,18,19,20). The first-order valence-corrected chi connectivity index (χ1v) is 6.67. The summed E-state index contributed by atoms with van der Waals surface area (Å²) in [5.41, 5.74) is 9.74. The number of nitrogens with zero attached hydrogens (tertiary/aromatic N) is 2. The van der Waals surface area contributed by atoms with Gasteiger partial charge in [0, 0.05) is 5.56 Å². The molecule has 4 nitrogen and oxygen atoms in total. The van der Waals surface area contributed by atoms with E-state index in [4.69, 9.17) is 5.73 Å². The van der Waals surface area contributed by atoms with Crippen LogP contribution in [0.4, 0.5) is 5.82 Å².